The van der Waals surface area contributed by atoms with Crippen LogP contribution in [0.3, 0.4) is 0 Å². The van der Waals surface area contributed by atoms with Crippen LogP contribution in [-0.2, 0) is 0 Å². The SMILES string of the molecule is CC(C)NC(=O)N(C)C1CC1(C)C. The number of nitrogens with zero attached hydrogens (tertiary/aromatic N) is 1. The molecule has 1 rings (SSSR count). The van der Waals surface area contributed by atoms with E-state index in [1.807, 2.05) is 25.8 Å². The summed E-state index contributed by atoms with van der Waals surface area (Å²) in [7, 11) is 1.87. The molecule has 0 saturated heterocycles. The lowest BCUT2D eigenvalue weighted by atomic mass is 10.2. The van der Waals surface area contributed by atoms with Gasteiger partial charge in [0.25, 0.3) is 0 Å². The molecule has 1 fully saturated rings. The first kappa shape index (κ1) is 10.4. The van der Waals surface area contributed by atoms with Crippen LogP contribution in [0.25, 0.3) is 0 Å². The summed E-state index contributed by atoms with van der Waals surface area (Å²) in [6.45, 7) is 8.33. The number of urea groups is 1. The van der Waals surface area contributed by atoms with Gasteiger partial charge in [-0.05, 0) is 25.7 Å². The smallest absolute Gasteiger partial charge is 0.317 e. The molecule has 1 atom stereocenters. The van der Waals surface area contributed by atoms with Gasteiger partial charge < -0.3 is 10.2 Å². The first-order valence-corrected chi connectivity index (χ1v) is 4.88. The molecule has 0 radical (unpaired) electrons. The van der Waals surface area contributed by atoms with E-state index in [0.29, 0.717) is 11.5 Å². The van der Waals surface area contributed by atoms with Gasteiger partial charge in [0.2, 0.25) is 0 Å². The van der Waals surface area contributed by atoms with E-state index in [-0.39, 0.29) is 12.1 Å². The maximum Gasteiger partial charge on any atom is 0.317 e. The van der Waals surface area contributed by atoms with Gasteiger partial charge in [0.1, 0.15) is 0 Å². The Morgan fingerprint density at radius 1 is 1.54 bits per heavy atom. The van der Waals surface area contributed by atoms with Crippen LogP contribution in [0.2, 0.25) is 0 Å². The van der Waals surface area contributed by atoms with E-state index in [2.05, 4.69) is 19.2 Å². The van der Waals surface area contributed by atoms with Gasteiger partial charge in [0.15, 0.2) is 0 Å². The molecular formula is C10H20N2O. The summed E-state index contributed by atoms with van der Waals surface area (Å²) in [5, 5.41) is 2.89. The van der Waals surface area contributed by atoms with E-state index in [9.17, 15) is 4.79 Å². The third kappa shape index (κ3) is 2.36. The van der Waals surface area contributed by atoms with Crippen LogP contribution in [0.4, 0.5) is 4.79 Å². The Kier molecular flexibility index (Phi) is 2.55. The van der Waals surface area contributed by atoms with Crippen LogP contribution >= 0.6 is 0 Å². The van der Waals surface area contributed by atoms with Gasteiger partial charge in [0.05, 0.1) is 0 Å². The number of rotatable bonds is 2. The molecule has 2 amide bonds. The molecule has 0 heterocycles. The zero-order chi connectivity index (χ0) is 10.2. The molecule has 1 N–H and O–H groups in total. The van der Waals surface area contributed by atoms with Crippen molar-refractivity contribution in [2.45, 2.75) is 46.2 Å². The topological polar surface area (TPSA) is 32.3 Å². The summed E-state index contributed by atoms with van der Waals surface area (Å²) in [4.78, 5) is 13.4. The molecule has 0 aliphatic heterocycles. The van der Waals surface area contributed by atoms with Crippen molar-refractivity contribution < 1.29 is 4.79 Å². The Bertz CT molecular complexity index is 211. The summed E-state index contributed by atoms with van der Waals surface area (Å²) in [6, 6.07) is 0.689. The first-order valence-electron chi connectivity index (χ1n) is 4.88. The zero-order valence-electron chi connectivity index (χ0n) is 9.22. The van der Waals surface area contributed by atoms with Gasteiger partial charge in [-0.25, -0.2) is 4.79 Å². The standard InChI is InChI=1S/C10H20N2O/c1-7(2)11-9(13)12(5)8-6-10(8,3)4/h7-8H,6H2,1-5H3,(H,11,13). The van der Waals surface area contributed by atoms with Crippen LogP contribution in [-0.4, -0.2) is 30.1 Å². The Hall–Kier alpha value is -0.730. The molecule has 76 valence electrons. The summed E-state index contributed by atoms with van der Waals surface area (Å²) in [6.07, 6.45) is 1.12. The fraction of sp³-hybridized carbons (Fsp3) is 0.900. The summed E-state index contributed by atoms with van der Waals surface area (Å²) in [5.74, 6) is 0. The molecule has 0 bridgehead atoms. The minimum atomic E-state index is 0.0468. The molecule has 0 spiro atoms. The van der Waals surface area contributed by atoms with Gasteiger partial charge in [-0.15, -0.1) is 0 Å². The highest BCUT2D eigenvalue weighted by Gasteiger charge is 2.49. The summed E-state index contributed by atoms with van der Waals surface area (Å²) >= 11 is 0. The Morgan fingerprint density at radius 3 is 2.31 bits per heavy atom. The first-order chi connectivity index (χ1) is 5.84. The van der Waals surface area contributed by atoms with Gasteiger partial charge in [-0.2, -0.15) is 0 Å². The number of carbonyl (C=O) groups is 1. The second-order valence-corrected chi connectivity index (χ2v) is 4.92. The molecule has 0 aromatic rings. The van der Waals surface area contributed by atoms with Crippen molar-refractivity contribution in [1.82, 2.24) is 10.2 Å². The van der Waals surface area contributed by atoms with Crippen molar-refractivity contribution in [3.63, 3.8) is 0 Å². The molecule has 1 saturated carbocycles. The van der Waals surface area contributed by atoms with Gasteiger partial charge >= 0.3 is 6.03 Å². The van der Waals surface area contributed by atoms with Crippen molar-refractivity contribution in [3.05, 3.63) is 0 Å². The molecule has 0 aromatic heterocycles. The van der Waals surface area contributed by atoms with Crippen LogP contribution in [0.5, 0.6) is 0 Å². The van der Waals surface area contributed by atoms with Crippen molar-refractivity contribution in [2.75, 3.05) is 7.05 Å². The van der Waals surface area contributed by atoms with E-state index in [0.717, 1.165) is 6.42 Å². The molecule has 3 nitrogen and oxygen atoms in total. The maximum atomic E-state index is 11.5. The van der Waals surface area contributed by atoms with Gasteiger partial charge in [-0.3, -0.25) is 0 Å². The fourth-order valence-corrected chi connectivity index (χ4v) is 1.59. The third-order valence-electron chi connectivity index (χ3n) is 2.66. The number of carbonyl (C=O) groups excluding carboxylic acids is 1. The van der Waals surface area contributed by atoms with E-state index in [1.165, 1.54) is 0 Å². The molecule has 1 unspecified atom stereocenters. The Morgan fingerprint density at radius 2 is 2.00 bits per heavy atom. The average molecular weight is 184 g/mol. The van der Waals surface area contributed by atoms with Crippen molar-refractivity contribution >= 4 is 6.03 Å². The third-order valence-corrected chi connectivity index (χ3v) is 2.66. The zero-order valence-corrected chi connectivity index (χ0v) is 9.22. The lowest BCUT2D eigenvalue weighted by Gasteiger charge is -2.21. The maximum absolute atomic E-state index is 11.5. The number of hydrogen-bond donors (Lipinski definition) is 1. The molecule has 1 aliphatic rings. The van der Waals surface area contributed by atoms with Gasteiger partial charge in [0, 0.05) is 19.1 Å². The fourth-order valence-electron chi connectivity index (χ4n) is 1.59. The average Bonchev–Trinajstić information content (AvgIpc) is 2.57. The van der Waals surface area contributed by atoms with E-state index in [4.69, 9.17) is 0 Å². The number of nitrogens with one attached hydrogen (secondary N) is 1. The normalized spacial score (nSPS) is 24.3. The Labute approximate surface area is 80.5 Å². The van der Waals surface area contributed by atoms with E-state index >= 15 is 0 Å². The predicted molar refractivity (Wildman–Crippen MR) is 53.6 cm³/mol. The Balaban J connectivity index is 2.41. The van der Waals surface area contributed by atoms with E-state index < -0.39 is 0 Å². The van der Waals surface area contributed by atoms with Gasteiger partial charge in [-0.1, -0.05) is 13.8 Å². The molecule has 0 aromatic carbocycles. The van der Waals surface area contributed by atoms with E-state index in [1.54, 1.807) is 0 Å². The lowest BCUT2D eigenvalue weighted by Crippen LogP contribution is -2.42. The van der Waals surface area contributed by atoms with Crippen LogP contribution in [0, 0.1) is 5.41 Å². The quantitative estimate of drug-likeness (QED) is 0.697. The highest BCUT2D eigenvalue weighted by Crippen LogP contribution is 2.47. The van der Waals surface area contributed by atoms with Crippen molar-refractivity contribution in [1.29, 1.82) is 0 Å². The molecule has 1 aliphatic carbocycles. The second kappa shape index (κ2) is 3.20. The van der Waals surface area contributed by atoms with Crippen molar-refractivity contribution in [3.8, 4) is 0 Å². The summed E-state index contributed by atoms with van der Waals surface area (Å²) in [5.41, 5.74) is 0.322. The largest absolute Gasteiger partial charge is 0.336 e. The van der Waals surface area contributed by atoms with Crippen LogP contribution < -0.4 is 5.32 Å². The highest BCUT2D eigenvalue weighted by molar-refractivity contribution is 5.75. The second-order valence-electron chi connectivity index (χ2n) is 4.92. The van der Waals surface area contributed by atoms with Crippen LogP contribution in [0.15, 0.2) is 0 Å². The molecule has 13 heavy (non-hydrogen) atoms. The van der Waals surface area contributed by atoms with Crippen LogP contribution in [0.1, 0.15) is 34.1 Å². The number of amides is 2. The minimum absolute atomic E-state index is 0.0468. The monoisotopic (exact) mass is 184 g/mol. The summed E-state index contributed by atoms with van der Waals surface area (Å²) < 4.78 is 0. The lowest BCUT2D eigenvalue weighted by molar-refractivity contribution is 0.198. The molecular weight excluding hydrogens is 164 g/mol. The van der Waals surface area contributed by atoms with Crippen molar-refractivity contribution in [2.24, 2.45) is 5.41 Å². The molecule has 3 heteroatoms. The highest BCUT2D eigenvalue weighted by atomic mass is 16.2. The minimum Gasteiger partial charge on any atom is -0.336 e. The number of hydrogen-bond acceptors (Lipinski definition) is 1. The predicted octanol–water partition coefficient (Wildman–Crippen LogP) is 1.83.